The van der Waals surface area contributed by atoms with Crippen molar-refractivity contribution in [3.8, 4) is 0 Å². The van der Waals surface area contributed by atoms with E-state index in [0.717, 1.165) is 6.07 Å². The number of non-ortho nitro benzene ring substituents is 1. The predicted octanol–water partition coefficient (Wildman–Crippen LogP) is 3.53. The van der Waals surface area contributed by atoms with Gasteiger partial charge in [0.15, 0.2) is 0 Å². The number of nitro benzene ring substituents is 1. The normalized spacial score (nSPS) is 11.4. The van der Waals surface area contributed by atoms with Crippen LogP contribution in [0.3, 0.4) is 0 Å². The third kappa shape index (κ3) is 4.62. The van der Waals surface area contributed by atoms with Crippen LogP contribution < -0.4 is 5.32 Å². The molecule has 0 heterocycles. The van der Waals surface area contributed by atoms with E-state index in [1.165, 1.54) is 40.7 Å². The first kappa shape index (κ1) is 20.8. The monoisotopic (exact) mass is 411 g/mol. The molecule has 10 heteroatoms. The van der Waals surface area contributed by atoms with Crippen LogP contribution in [0.1, 0.15) is 24.2 Å². The second kappa shape index (κ2) is 8.47. The van der Waals surface area contributed by atoms with Gasteiger partial charge < -0.3 is 5.32 Å². The molecule has 0 saturated heterocycles. The van der Waals surface area contributed by atoms with Crippen molar-refractivity contribution in [2.24, 2.45) is 0 Å². The molecule has 2 aromatic carbocycles. The molecule has 0 aromatic heterocycles. The number of halogens is 1. The topological polar surface area (TPSA) is 110 Å². The van der Waals surface area contributed by atoms with E-state index in [1.54, 1.807) is 13.8 Å². The number of nitrogens with one attached hydrogen (secondary N) is 1. The lowest BCUT2D eigenvalue weighted by Gasteiger charge is -2.19. The summed E-state index contributed by atoms with van der Waals surface area (Å²) in [7, 11) is -3.81. The molecule has 0 radical (unpaired) electrons. The Labute approximate surface area is 162 Å². The van der Waals surface area contributed by atoms with Gasteiger partial charge in [-0.05, 0) is 24.3 Å². The maximum Gasteiger partial charge on any atom is 0.270 e. The summed E-state index contributed by atoms with van der Waals surface area (Å²) in [6.07, 6.45) is 0. The Morgan fingerprint density at radius 2 is 1.85 bits per heavy atom. The smallest absolute Gasteiger partial charge is 0.270 e. The molecule has 0 saturated carbocycles. The lowest BCUT2D eigenvalue weighted by molar-refractivity contribution is -0.384. The highest BCUT2D eigenvalue weighted by Crippen LogP contribution is 2.28. The van der Waals surface area contributed by atoms with Crippen molar-refractivity contribution >= 4 is 38.9 Å². The van der Waals surface area contributed by atoms with Crippen LogP contribution in [-0.4, -0.2) is 36.6 Å². The zero-order valence-electron chi connectivity index (χ0n) is 14.7. The summed E-state index contributed by atoms with van der Waals surface area (Å²) in [6, 6.07) is 9.33. The standard InChI is InChI=1S/C17H18ClN3O5S/c1-3-20(4-2)27(25,26)16-11-13(8-9-15(16)18)19-17(22)12-6-5-7-14(10-12)21(23)24/h5-11H,3-4H2,1-2H3,(H,19,22). The number of rotatable bonds is 7. The van der Waals surface area contributed by atoms with Gasteiger partial charge in [-0.2, -0.15) is 4.31 Å². The van der Waals surface area contributed by atoms with E-state index in [9.17, 15) is 23.3 Å². The van der Waals surface area contributed by atoms with Crippen LogP contribution in [0.4, 0.5) is 11.4 Å². The quantitative estimate of drug-likeness (QED) is 0.553. The zero-order valence-corrected chi connectivity index (χ0v) is 16.2. The highest BCUT2D eigenvalue weighted by atomic mass is 35.5. The molecule has 0 aliphatic heterocycles. The van der Waals surface area contributed by atoms with Crippen LogP contribution in [-0.2, 0) is 10.0 Å². The van der Waals surface area contributed by atoms with Crippen molar-refractivity contribution in [2.75, 3.05) is 18.4 Å². The lowest BCUT2D eigenvalue weighted by atomic mass is 10.2. The molecule has 0 unspecified atom stereocenters. The average molecular weight is 412 g/mol. The Morgan fingerprint density at radius 1 is 1.19 bits per heavy atom. The van der Waals surface area contributed by atoms with Gasteiger partial charge in [-0.3, -0.25) is 14.9 Å². The van der Waals surface area contributed by atoms with Gasteiger partial charge in [0, 0.05) is 36.5 Å². The van der Waals surface area contributed by atoms with Gasteiger partial charge >= 0.3 is 0 Å². The molecule has 2 rings (SSSR count). The first-order chi connectivity index (χ1) is 12.7. The fraction of sp³-hybridized carbons (Fsp3) is 0.235. The van der Waals surface area contributed by atoms with Crippen molar-refractivity contribution in [3.05, 3.63) is 63.2 Å². The first-order valence-electron chi connectivity index (χ1n) is 8.06. The van der Waals surface area contributed by atoms with Crippen molar-refractivity contribution in [3.63, 3.8) is 0 Å². The second-order valence-corrected chi connectivity index (χ2v) is 7.81. The van der Waals surface area contributed by atoms with Gasteiger partial charge in [-0.1, -0.05) is 31.5 Å². The number of nitro groups is 1. The molecule has 0 aliphatic rings. The van der Waals surface area contributed by atoms with Crippen LogP contribution >= 0.6 is 11.6 Å². The Kier molecular flexibility index (Phi) is 6.53. The third-order valence-corrected chi connectivity index (χ3v) is 6.36. The van der Waals surface area contributed by atoms with Crippen molar-refractivity contribution < 1.29 is 18.1 Å². The van der Waals surface area contributed by atoms with Crippen LogP contribution in [0.25, 0.3) is 0 Å². The largest absolute Gasteiger partial charge is 0.322 e. The van der Waals surface area contributed by atoms with Gasteiger partial charge in [0.05, 0.1) is 9.95 Å². The van der Waals surface area contributed by atoms with Gasteiger partial charge in [-0.15, -0.1) is 0 Å². The van der Waals surface area contributed by atoms with E-state index >= 15 is 0 Å². The number of amides is 1. The molecule has 0 atom stereocenters. The van der Waals surface area contributed by atoms with E-state index in [-0.39, 0.29) is 39.9 Å². The number of benzene rings is 2. The number of carbonyl (C=O) groups is 1. The molecule has 8 nitrogen and oxygen atoms in total. The molecule has 2 aromatic rings. The van der Waals surface area contributed by atoms with Crippen molar-refractivity contribution in [2.45, 2.75) is 18.7 Å². The Morgan fingerprint density at radius 3 is 2.44 bits per heavy atom. The minimum atomic E-state index is -3.81. The van der Waals surface area contributed by atoms with Crippen molar-refractivity contribution in [1.82, 2.24) is 4.31 Å². The fourth-order valence-corrected chi connectivity index (χ4v) is 4.40. The van der Waals surface area contributed by atoms with E-state index in [4.69, 9.17) is 11.6 Å². The zero-order chi connectivity index (χ0) is 20.2. The van der Waals surface area contributed by atoms with E-state index in [1.807, 2.05) is 0 Å². The Bertz CT molecular complexity index is 974. The summed E-state index contributed by atoms with van der Waals surface area (Å²) in [5.41, 5.74) is 0.0671. The molecule has 0 spiro atoms. The number of hydrogen-bond acceptors (Lipinski definition) is 5. The van der Waals surface area contributed by atoms with Crippen LogP contribution in [0.15, 0.2) is 47.4 Å². The molecule has 144 valence electrons. The third-order valence-electron chi connectivity index (χ3n) is 3.83. The predicted molar refractivity (Wildman–Crippen MR) is 103 cm³/mol. The minimum Gasteiger partial charge on any atom is -0.322 e. The van der Waals surface area contributed by atoms with Gasteiger partial charge in [0.25, 0.3) is 11.6 Å². The van der Waals surface area contributed by atoms with Gasteiger partial charge in [-0.25, -0.2) is 8.42 Å². The van der Waals surface area contributed by atoms with Gasteiger partial charge in [0.1, 0.15) is 4.90 Å². The molecular weight excluding hydrogens is 394 g/mol. The maximum atomic E-state index is 12.7. The maximum absolute atomic E-state index is 12.7. The van der Waals surface area contributed by atoms with Crippen LogP contribution in [0, 0.1) is 10.1 Å². The first-order valence-corrected chi connectivity index (χ1v) is 9.88. The highest BCUT2D eigenvalue weighted by Gasteiger charge is 2.25. The molecule has 0 aliphatic carbocycles. The van der Waals surface area contributed by atoms with Crippen LogP contribution in [0.5, 0.6) is 0 Å². The van der Waals surface area contributed by atoms with E-state index in [0.29, 0.717) is 0 Å². The fourth-order valence-electron chi connectivity index (χ4n) is 2.45. The van der Waals surface area contributed by atoms with Crippen molar-refractivity contribution in [1.29, 1.82) is 0 Å². The Hall–Kier alpha value is -2.49. The number of carbonyl (C=O) groups excluding carboxylic acids is 1. The summed E-state index contributed by atoms with van der Waals surface area (Å²) in [4.78, 5) is 22.5. The summed E-state index contributed by atoms with van der Waals surface area (Å²) in [5, 5.41) is 13.4. The molecule has 27 heavy (non-hydrogen) atoms. The van der Waals surface area contributed by atoms with E-state index in [2.05, 4.69) is 5.32 Å². The number of sulfonamides is 1. The summed E-state index contributed by atoms with van der Waals surface area (Å²) in [5.74, 6) is -0.604. The number of hydrogen-bond donors (Lipinski definition) is 1. The molecule has 0 fully saturated rings. The SMILES string of the molecule is CCN(CC)S(=O)(=O)c1cc(NC(=O)c2cccc([N+](=O)[O-])c2)ccc1Cl. The van der Waals surface area contributed by atoms with E-state index < -0.39 is 20.9 Å². The Balaban J connectivity index is 2.35. The van der Waals surface area contributed by atoms with Gasteiger partial charge in [0.2, 0.25) is 10.0 Å². The molecule has 1 N–H and O–H groups in total. The molecule has 1 amide bonds. The summed E-state index contributed by atoms with van der Waals surface area (Å²) in [6.45, 7) is 3.98. The number of anilines is 1. The lowest BCUT2D eigenvalue weighted by Crippen LogP contribution is -2.30. The molecular formula is C17H18ClN3O5S. The van der Waals surface area contributed by atoms with Crippen LogP contribution in [0.2, 0.25) is 5.02 Å². The summed E-state index contributed by atoms with van der Waals surface area (Å²) >= 11 is 6.05. The minimum absolute atomic E-state index is 0.0373. The average Bonchev–Trinajstić information content (AvgIpc) is 2.64. The summed E-state index contributed by atoms with van der Waals surface area (Å²) < 4.78 is 26.6. The second-order valence-electron chi connectivity index (χ2n) is 5.50. The highest BCUT2D eigenvalue weighted by molar-refractivity contribution is 7.89. The molecule has 0 bridgehead atoms. The number of nitrogens with zero attached hydrogens (tertiary/aromatic N) is 2.